The summed E-state index contributed by atoms with van der Waals surface area (Å²) in [4.78, 5) is 10.2. The third-order valence-electron chi connectivity index (χ3n) is 3.59. The van der Waals surface area contributed by atoms with Gasteiger partial charge in [-0.15, -0.1) is 0 Å². The molecule has 1 fully saturated rings. The lowest BCUT2D eigenvalue weighted by molar-refractivity contribution is -0.144. The SMILES string of the molecule is CBr.CBr.CC.CC.CC.CC.CCC.CCC.CO.COCC(O)COC(C)=O.COCC1CO1.c1ccccc1.c1ccccc1.c1ccccc1. The summed E-state index contributed by atoms with van der Waals surface area (Å²) in [6.07, 6.45) is 2.21. The van der Waals surface area contributed by atoms with E-state index in [0.717, 1.165) is 20.3 Å². The van der Waals surface area contributed by atoms with Gasteiger partial charge in [-0.3, -0.25) is 4.79 Å². The summed E-state index contributed by atoms with van der Waals surface area (Å²) in [6.45, 7) is 27.6. The van der Waals surface area contributed by atoms with E-state index in [1.807, 2.05) is 176 Å². The summed E-state index contributed by atoms with van der Waals surface area (Å²) in [5.74, 6) is 3.23. The number of ether oxygens (including phenoxy) is 4. The van der Waals surface area contributed by atoms with Gasteiger partial charge in [-0.1, -0.05) is 237 Å². The molecule has 2 N–H and O–H groups in total. The van der Waals surface area contributed by atoms with E-state index in [4.69, 9.17) is 19.7 Å². The summed E-state index contributed by atoms with van der Waals surface area (Å²) < 4.78 is 18.6. The van der Waals surface area contributed by atoms with Gasteiger partial charge >= 0.3 is 5.97 Å². The molecule has 2 unspecified atom stereocenters. The van der Waals surface area contributed by atoms with Gasteiger partial charge in [0.2, 0.25) is 0 Å². The topological polar surface area (TPSA) is 97.8 Å². The lowest BCUT2D eigenvalue weighted by Crippen LogP contribution is -2.22. The Balaban J connectivity index is -0.0000000505. The van der Waals surface area contributed by atoms with Crippen LogP contribution in [-0.2, 0) is 23.7 Å². The summed E-state index contributed by atoms with van der Waals surface area (Å²) in [7, 11) is 4.15. The number of carbonyl (C=O) groups excluding carboxylic acids is 1. The standard InChI is InChI=1S/C6H12O4.3C6H6.C4H8O2.2C3H8.4C2H6.2CH3Br.CH4O/c1-5(7)10-4-6(8)3-9-2;3*1-2-4-6-5-3-1;1-5-2-4-3-6-4;2*1-3-2;7*1-2/h6,8H,3-4H2,1-2H3;3*1-6H;4H,2-3H2,1H3;2*3H2,1-2H3;4*1-2H3;2*1H3;2H,1H3. The first-order valence-corrected chi connectivity index (χ1v) is 22.2. The highest BCUT2D eigenvalue weighted by Gasteiger charge is 2.21. The van der Waals surface area contributed by atoms with Gasteiger partial charge in [-0.05, 0) is 11.7 Å². The molecule has 4 rings (SSSR count). The molecule has 1 saturated heterocycles. The minimum atomic E-state index is -0.714. The van der Waals surface area contributed by atoms with E-state index in [-0.39, 0.29) is 13.2 Å². The molecular weight excluding hydrogens is 812 g/mol. The predicted molar refractivity (Wildman–Crippen MR) is 251 cm³/mol. The number of rotatable bonds is 6. The Bertz CT molecular complexity index is 644. The Kier molecular flexibility index (Phi) is 148. The Hall–Kier alpha value is -2.11. The van der Waals surface area contributed by atoms with Crippen LogP contribution in [0.5, 0.6) is 0 Å². The highest BCUT2D eigenvalue weighted by atomic mass is 79.9. The predicted octanol–water partition coefficient (Wildman–Crippen LogP) is 13.2. The summed E-state index contributed by atoms with van der Waals surface area (Å²) in [6, 6.07) is 36.0. The fourth-order valence-corrected chi connectivity index (χ4v) is 1.96. The van der Waals surface area contributed by atoms with Gasteiger partial charge in [0.1, 0.15) is 18.8 Å². The number of hydrogen-bond donors (Lipinski definition) is 2. The van der Waals surface area contributed by atoms with Gasteiger partial charge in [-0.2, -0.15) is 0 Å². The number of benzene rings is 3. The molecule has 3 aromatic rings. The minimum Gasteiger partial charge on any atom is -0.463 e. The largest absolute Gasteiger partial charge is 0.463 e. The first-order valence-electron chi connectivity index (χ1n) is 19.0. The van der Waals surface area contributed by atoms with Crippen molar-refractivity contribution in [2.45, 2.75) is 115 Å². The van der Waals surface area contributed by atoms with E-state index in [1.54, 1.807) is 7.11 Å². The second-order valence-corrected chi connectivity index (χ2v) is 8.20. The van der Waals surface area contributed by atoms with Crippen LogP contribution in [0.2, 0.25) is 0 Å². The lowest BCUT2D eigenvalue weighted by Gasteiger charge is -2.07. The van der Waals surface area contributed by atoms with E-state index < -0.39 is 12.1 Å². The number of epoxide rings is 1. The molecule has 0 amide bonds. The Morgan fingerprint density at radius 2 is 0.778 bits per heavy atom. The van der Waals surface area contributed by atoms with Crippen LogP contribution in [0.3, 0.4) is 0 Å². The highest BCUT2D eigenvalue weighted by Crippen LogP contribution is 2.07. The molecule has 0 radical (unpaired) electrons. The Morgan fingerprint density at radius 3 is 0.889 bits per heavy atom. The van der Waals surface area contributed by atoms with Crippen LogP contribution in [-0.4, -0.2) is 87.8 Å². The van der Waals surface area contributed by atoms with Crippen LogP contribution < -0.4 is 0 Å². The van der Waals surface area contributed by atoms with Gasteiger partial charge in [0.25, 0.3) is 0 Å². The molecule has 1 heterocycles. The van der Waals surface area contributed by atoms with Crippen LogP contribution in [0.25, 0.3) is 0 Å². The van der Waals surface area contributed by atoms with Crippen molar-refractivity contribution < 1.29 is 34.0 Å². The van der Waals surface area contributed by atoms with Crippen molar-refractivity contribution in [3.8, 4) is 0 Å². The van der Waals surface area contributed by atoms with Gasteiger partial charge in [-0.25, -0.2) is 0 Å². The molecule has 54 heavy (non-hydrogen) atoms. The summed E-state index contributed by atoms with van der Waals surface area (Å²) in [5, 5.41) is 15.9. The van der Waals surface area contributed by atoms with Crippen molar-refractivity contribution in [1.82, 2.24) is 0 Å². The van der Waals surface area contributed by atoms with E-state index in [1.165, 1.54) is 26.9 Å². The van der Waals surface area contributed by atoms with Gasteiger partial charge in [0.05, 0.1) is 19.8 Å². The number of esters is 1. The molecule has 1 aliphatic rings. The van der Waals surface area contributed by atoms with Crippen LogP contribution in [0.1, 0.15) is 103 Å². The number of hydrogen-bond acceptors (Lipinski definition) is 7. The van der Waals surface area contributed by atoms with Crippen molar-refractivity contribution in [2.75, 3.05) is 59.4 Å². The average molecular weight is 901 g/mol. The number of methoxy groups -OCH3 is 2. The molecule has 3 aromatic carbocycles. The maximum Gasteiger partial charge on any atom is 0.302 e. The summed E-state index contributed by atoms with van der Waals surface area (Å²) in [5.41, 5.74) is 0. The van der Waals surface area contributed by atoms with Crippen LogP contribution in [0.15, 0.2) is 109 Å². The van der Waals surface area contributed by atoms with E-state index in [9.17, 15) is 4.79 Å². The van der Waals surface area contributed by atoms with Crippen molar-refractivity contribution in [3.05, 3.63) is 109 Å². The molecule has 7 nitrogen and oxygen atoms in total. The van der Waals surface area contributed by atoms with Gasteiger partial charge in [0, 0.05) is 28.3 Å². The Labute approximate surface area is 353 Å². The number of alkyl halides is 2. The van der Waals surface area contributed by atoms with E-state index >= 15 is 0 Å². The van der Waals surface area contributed by atoms with Crippen LogP contribution >= 0.6 is 31.9 Å². The number of aliphatic hydroxyl groups is 2. The lowest BCUT2D eigenvalue weighted by atomic mass is 10.4. The van der Waals surface area contributed by atoms with E-state index in [0.29, 0.717) is 6.10 Å². The number of aliphatic hydroxyl groups excluding tert-OH is 2. The molecular formula is C45H88Br2O7. The highest BCUT2D eigenvalue weighted by molar-refractivity contribution is 9.09. The smallest absolute Gasteiger partial charge is 0.302 e. The second-order valence-electron chi connectivity index (χ2n) is 8.20. The molecule has 1 aliphatic heterocycles. The first kappa shape index (κ1) is 76.6. The first-order chi connectivity index (χ1) is 26.4. The molecule has 0 bridgehead atoms. The monoisotopic (exact) mass is 898 g/mol. The fourth-order valence-electron chi connectivity index (χ4n) is 1.96. The summed E-state index contributed by atoms with van der Waals surface area (Å²) >= 11 is 5.88. The van der Waals surface area contributed by atoms with Crippen LogP contribution in [0.4, 0.5) is 0 Å². The minimum absolute atomic E-state index is 0.00315. The van der Waals surface area contributed by atoms with E-state index in [2.05, 4.69) is 69.0 Å². The third-order valence-corrected chi connectivity index (χ3v) is 3.59. The van der Waals surface area contributed by atoms with Crippen molar-refractivity contribution in [2.24, 2.45) is 0 Å². The maximum atomic E-state index is 10.2. The molecule has 2 atom stereocenters. The molecule has 0 aliphatic carbocycles. The Morgan fingerprint density at radius 1 is 0.574 bits per heavy atom. The number of halogens is 2. The average Bonchev–Trinajstić information content (AvgIpc) is 4.10. The number of carbonyl (C=O) groups is 1. The van der Waals surface area contributed by atoms with Crippen molar-refractivity contribution >= 4 is 37.8 Å². The molecule has 0 spiro atoms. The normalized spacial score (nSPS) is 9.85. The third kappa shape index (κ3) is 133. The van der Waals surface area contributed by atoms with Gasteiger partial charge in [0.15, 0.2) is 0 Å². The quantitative estimate of drug-likeness (QED) is 0.144. The fraction of sp³-hybridized carbons (Fsp3) is 0.578. The zero-order chi connectivity index (χ0) is 44.5. The molecule has 0 saturated carbocycles. The zero-order valence-corrected chi connectivity index (χ0v) is 41.2. The molecule has 9 heteroatoms. The molecule has 324 valence electrons. The van der Waals surface area contributed by atoms with Gasteiger partial charge < -0.3 is 29.2 Å². The molecule has 0 aromatic heterocycles. The van der Waals surface area contributed by atoms with Crippen molar-refractivity contribution in [1.29, 1.82) is 0 Å². The maximum absolute atomic E-state index is 10.2. The zero-order valence-electron chi connectivity index (χ0n) is 38.0. The second kappa shape index (κ2) is 104. The van der Waals surface area contributed by atoms with Crippen LogP contribution in [0, 0.1) is 0 Å². The van der Waals surface area contributed by atoms with Crippen molar-refractivity contribution in [3.63, 3.8) is 0 Å².